The Labute approximate surface area is 75.8 Å². The van der Waals surface area contributed by atoms with Crippen LogP contribution in [0.2, 0.25) is 0 Å². The lowest BCUT2D eigenvalue weighted by molar-refractivity contribution is 0.169. The molecule has 68 valence electrons. The van der Waals surface area contributed by atoms with Gasteiger partial charge in [0, 0.05) is 6.07 Å². The van der Waals surface area contributed by atoms with Gasteiger partial charge in [-0.25, -0.2) is 4.68 Å². The topological polar surface area (TPSA) is 64.1 Å². The van der Waals surface area contributed by atoms with E-state index in [-0.39, 0.29) is 0 Å². The summed E-state index contributed by atoms with van der Waals surface area (Å²) in [5.74, 6) is 0.597. The molecule has 1 aromatic heterocycles. The van der Waals surface area contributed by atoms with Gasteiger partial charge in [0.2, 0.25) is 0 Å². The molecule has 0 spiro atoms. The van der Waals surface area contributed by atoms with Crippen LogP contribution in [0.1, 0.15) is 6.92 Å². The lowest BCUT2D eigenvalue weighted by Crippen LogP contribution is -2.14. The number of nitrogen functional groups attached to an aromatic ring is 1. The molecule has 3 N–H and O–H groups in total. The van der Waals surface area contributed by atoms with E-state index in [0.29, 0.717) is 12.4 Å². The molecule has 1 rings (SSSR count). The van der Waals surface area contributed by atoms with E-state index in [2.05, 4.69) is 5.10 Å². The number of nitrogens with two attached hydrogens (primary N) is 1. The summed E-state index contributed by atoms with van der Waals surface area (Å²) in [5.41, 5.74) is 5.64. The van der Waals surface area contributed by atoms with Gasteiger partial charge in [-0.05, 0) is 13.2 Å². The first-order valence-corrected chi connectivity index (χ1v) is 4.91. The van der Waals surface area contributed by atoms with E-state index >= 15 is 0 Å². The number of rotatable bonds is 3. The van der Waals surface area contributed by atoms with Crippen molar-refractivity contribution in [2.75, 3.05) is 12.0 Å². The molecular weight excluding hydrogens is 174 g/mol. The molecule has 1 atom stereocenters. The molecule has 1 unspecified atom stereocenters. The minimum Gasteiger partial charge on any atom is -0.391 e. The molecule has 0 aromatic carbocycles. The first-order chi connectivity index (χ1) is 5.63. The van der Waals surface area contributed by atoms with Crippen molar-refractivity contribution < 1.29 is 5.11 Å². The lowest BCUT2D eigenvalue weighted by Gasteiger charge is -2.05. The van der Waals surface area contributed by atoms with Crippen LogP contribution in [0.4, 0.5) is 5.82 Å². The summed E-state index contributed by atoms with van der Waals surface area (Å²) in [6.45, 7) is 2.16. The van der Waals surface area contributed by atoms with Crippen molar-refractivity contribution in [2.45, 2.75) is 24.6 Å². The van der Waals surface area contributed by atoms with Crippen molar-refractivity contribution in [2.24, 2.45) is 0 Å². The van der Waals surface area contributed by atoms with Gasteiger partial charge in [-0.3, -0.25) is 0 Å². The molecule has 1 heterocycles. The van der Waals surface area contributed by atoms with Gasteiger partial charge in [0.25, 0.3) is 0 Å². The van der Waals surface area contributed by atoms with Crippen molar-refractivity contribution in [3.05, 3.63) is 6.07 Å². The molecule has 0 aliphatic carbocycles. The zero-order chi connectivity index (χ0) is 9.14. The zero-order valence-corrected chi connectivity index (χ0v) is 8.01. The molecule has 0 saturated heterocycles. The number of aliphatic hydroxyl groups excluding tert-OH is 1. The highest BCUT2D eigenvalue weighted by Crippen LogP contribution is 2.15. The third kappa shape index (κ3) is 2.15. The van der Waals surface area contributed by atoms with Gasteiger partial charge in [0.05, 0.1) is 12.6 Å². The minimum absolute atomic E-state index is 0.415. The number of anilines is 1. The van der Waals surface area contributed by atoms with Crippen LogP contribution < -0.4 is 5.73 Å². The molecule has 4 nitrogen and oxygen atoms in total. The Hall–Kier alpha value is -0.680. The number of aromatic nitrogens is 2. The summed E-state index contributed by atoms with van der Waals surface area (Å²) < 4.78 is 1.61. The Bertz CT molecular complexity index is 259. The monoisotopic (exact) mass is 187 g/mol. The first-order valence-electron chi connectivity index (χ1n) is 3.69. The molecule has 0 amide bonds. The zero-order valence-electron chi connectivity index (χ0n) is 7.19. The number of aliphatic hydroxyl groups is 1. The summed E-state index contributed by atoms with van der Waals surface area (Å²) in [6, 6.07) is 1.80. The van der Waals surface area contributed by atoms with Crippen LogP contribution >= 0.6 is 11.8 Å². The Morgan fingerprint density at radius 2 is 2.50 bits per heavy atom. The highest BCUT2D eigenvalue weighted by molar-refractivity contribution is 7.98. The van der Waals surface area contributed by atoms with Crippen LogP contribution in [-0.2, 0) is 6.54 Å². The molecule has 0 radical (unpaired) electrons. The van der Waals surface area contributed by atoms with E-state index in [1.165, 1.54) is 11.8 Å². The Morgan fingerprint density at radius 1 is 1.83 bits per heavy atom. The SMILES string of the molecule is CSc1cc(N)n(CC(C)O)n1. The second-order valence-corrected chi connectivity index (χ2v) is 3.47. The van der Waals surface area contributed by atoms with Crippen molar-refractivity contribution in [3.63, 3.8) is 0 Å². The summed E-state index contributed by atoms with van der Waals surface area (Å²) in [4.78, 5) is 0. The van der Waals surface area contributed by atoms with Crippen LogP contribution in [0, 0.1) is 0 Å². The van der Waals surface area contributed by atoms with Crippen molar-refractivity contribution in [1.29, 1.82) is 0 Å². The maximum Gasteiger partial charge on any atom is 0.122 e. The molecule has 0 aliphatic heterocycles. The van der Waals surface area contributed by atoms with E-state index in [9.17, 15) is 0 Å². The molecule has 0 saturated carbocycles. The van der Waals surface area contributed by atoms with Gasteiger partial charge >= 0.3 is 0 Å². The molecule has 0 bridgehead atoms. The number of hydrogen-bond acceptors (Lipinski definition) is 4. The summed E-state index contributed by atoms with van der Waals surface area (Å²) in [5, 5.41) is 14.1. The maximum absolute atomic E-state index is 9.09. The van der Waals surface area contributed by atoms with E-state index < -0.39 is 6.10 Å². The summed E-state index contributed by atoms with van der Waals surface area (Å²) in [7, 11) is 0. The predicted molar refractivity (Wildman–Crippen MR) is 50.1 cm³/mol. The second kappa shape index (κ2) is 3.82. The minimum atomic E-state index is -0.415. The van der Waals surface area contributed by atoms with E-state index in [4.69, 9.17) is 10.8 Å². The van der Waals surface area contributed by atoms with Crippen LogP contribution in [0.15, 0.2) is 11.1 Å². The van der Waals surface area contributed by atoms with Crippen LogP contribution in [-0.4, -0.2) is 27.2 Å². The summed E-state index contributed by atoms with van der Waals surface area (Å²) >= 11 is 1.54. The predicted octanol–water partition coefficient (Wildman–Crippen LogP) is 0.568. The van der Waals surface area contributed by atoms with Gasteiger partial charge in [-0.15, -0.1) is 11.8 Å². The van der Waals surface area contributed by atoms with Gasteiger partial charge in [-0.2, -0.15) is 5.10 Å². The Morgan fingerprint density at radius 3 is 2.92 bits per heavy atom. The normalized spacial score (nSPS) is 13.2. The van der Waals surface area contributed by atoms with Gasteiger partial charge in [0.1, 0.15) is 10.8 Å². The average Bonchev–Trinajstić information content (AvgIpc) is 2.31. The lowest BCUT2D eigenvalue weighted by atomic mass is 10.4. The molecule has 0 aliphatic rings. The quantitative estimate of drug-likeness (QED) is 0.679. The average molecular weight is 187 g/mol. The van der Waals surface area contributed by atoms with Gasteiger partial charge in [0.15, 0.2) is 0 Å². The Kier molecular flexibility index (Phi) is 2.99. The van der Waals surface area contributed by atoms with Gasteiger partial charge in [-0.1, -0.05) is 0 Å². The molecule has 0 fully saturated rings. The van der Waals surface area contributed by atoms with Crippen LogP contribution in [0.25, 0.3) is 0 Å². The Balaban J connectivity index is 2.77. The first kappa shape index (κ1) is 9.41. The number of thioether (sulfide) groups is 1. The van der Waals surface area contributed by atoms with E-state index in [0.717, 1.165) is 5.03 Å². The van der Waals surface area contributed by atoms with Crippen LogP contribution in [0.3, 0.4) is 0 Å². The van der Waals surface area contributed by atoms with Crippen molar-refractivity contribution >= 4 is 17.6 Å². The second-order valence-electron chi connectivity index (χ2n) is 2.64. The maximum atomic E-state index is 9.09. The third-order valence-electron chi connectivity index (χ3n) is 1.43. The largest absolute Gasteiger partial charge is 0.391 e. The van der Waals surface area contributed by atoms with E-state index in [1.807, 2.05) is 6.26 Å². The van der Waals surface area contributed by atoms with Crippen molar-refractivity contribution in [3.8, 4) is 0 Å². The fourth-order valence-corrected chi connectivity index (χ4v) is 1.32. The standard InChI is InChI=1S/C7H13N3OS/c1-5(11)4-10-6(8)3-7(9-10)12-2/h3,5,11H,4,8H2,1-2H3. The highest BCUT2D eigenvalue weighted by atomic mass is 32.2. The fraction of sp³-hybridized carbons (Fsp3) is 0.571. The summed E-state index contributed by atoms with van der Waals surface area (Å²) in [6.07, 6.45) is 1.52. The molecule has 5 heteroatoms. The van der Waals surface area contributed by atoms with E-state index in [1.54, 1.807) is 17.7 Å². The number of hydrogen-bond donors (Lipinski definition) is 2. The van der Waals surface area contributed by atoms with Crippen LogP contribution in [0.5, 0.6) is 0 Å². The van der Waals surface area contributed by atoms with Crippen molar-refractivity contribution in [1.82, 2.24) is 9.78 Å². The highest BCUT2D eigenvalue weighted by Gasteiger charge is 2.05. The molecule has 1 aromatic rings. The smallest absolute Gasteiger partial charge is 0.122 e. The molecular formula is C7H13N3OS. The third-order valence-corrected chi connectivity index (χ3v) is 2.05. The molecule has 12 heavy (non-hydrogen) atoms. The fourth-order valence-electron chi connectivity index (χ4n) is 0.903. The van der Waals surface area contributed by atoms with Gasteiger partial charge < -0.3 is 10.8 Å². The number of nitrogens with zero attached hydrogens (tertiary/aromatic N) is 2.